The van der Waals surface area contributed by atoms with E-state index in [9.17, 15) is 0 Å². The monoisotopic (exact) mass is 550 g/mol. The first-order valence-corrected chi connectivity index (χ1v) is 14.4. The number of nitrogens with zero attached hydrogens (tertiary/aromatic N) is 4. The van der Waals surface area contributed by atoms with Gasteiger partial charge in [0.15, 0.2) is 23.2 Å². The topological polar surface area (TPSA) is 43.0 Å². The quantitative estimate of drug-likeness (QED) is 0.162. The molecule has 6 aromatic carbocycles. The van der Waals surface area contributed by atoms with Crippen molar-refractivity contribution in [3.63, 3.8) is 0 Å². The zero-order chi connectivity index (χ0) is 29.1. The summed E-state index contributed by atoms with van der Waals surface area (Å²) in [5, 5.41) is 5.03. The minimum Gasteiger partial charge on any atom is -0.238 e. The molecule has 43 heavy (non-hydrogen) atoms. The van der Waals surface area contributed by atoms with Crippen molar-refractivity contribution in [3.05, 3.63) is 144 Å². The molecular weight excluding hydrogens is 524 g/mol. The molecule has 8 rings (SSSR count). The average molecular weight is 551 g/mol. The summed E-state index contributed by atoms with van der Waals surface area (Å²) in [5.74, 6) is 1.99. The lowest BCUT2D eigenvalue weighted by atomic mass is 9.80. The van der Waals surface area contributed by atoms with Crippen molar-refractivity contribution in [2.45, 2.75) is 19.3 Å². The van der Waals surface area contributed by atoms with Crippen molar-refractivity contribution >= 4 is 27.2 Å². The zero-order valence-electron chi connectivity index (χ0n) is 23.8. The largest absolute Gasteiger partial charge is 0.238 e. The maximum absolute atomic E-state index is 7.31. The van der Waals surface area contributed by atoms with E-state index < -0.39 is 0 Å². The molecule has 4 heteroatoms. The third-order valence-electron chi connectivity index (χ3n) is 8.66. The molecule has 0 spiro atoms. The number of hydrogen-bond donors (Lipinski definition) is 0. The van der Waals surface area contributed by atoms with E-state index in [0.29, 0.717) is 23.2 Å². The molecule has 4 nitrogen and oxygen atoms in total. The van der Waals surface area contributed by atoms with Crippen LogP contribution in [-0.2, 0) is 5.41 Å². The third kappa shape index (κ3) is 4.01. The molecule has 1 aromatic heterocycles. The predicted octanol–water partition coefficient (Wildman–Crippen LogP) is 10.0. The molecule has 0 bridgehead atoms. The Bertz CT molecular complexity index is 2190. The van der Waals surface area contributed by atoms with Crippen molar-refractivity contribution in [1.82, 2.24) is 15.0 Å². The fourth-order valence-electron chi connectivity index (χ4n) is 6.42. The van der Waals surface area contributed by atoms with Gasteiger partial charge in [-0.1, -0.05) is 111 Å². The molecule has 0 atom stereocenters. The van der Waals surface area contributed by atoms with Gasteiger partial charge in [0.05, 0.1) is 6.57 Å². The molecule has 0 aliphatic heterocycles. The van der Waals surface area contributed by atoms with Crippen molar-refractivity contribution in [2.24, 2.45) is 0 Å². The molecule has 0 N–H and O–H groups in total. The maximum Gasteiger partial charge on any atom is 0.187 e. The molecule has 1 aliphatic rings. The Morgan fingerprint density at radius 2 is 0.953 bits per heavy atom. The summed E-state index contributed by atoms with van der Waals surface area (Å²) in [6.45, 7) is 11.9. The molecule has 7 aromatic rings. The molecule has 0 saturated heterocycles. The van der Waals surface area contributed by atoms with Crippen LogP contribution in [0.1, 0.15) is 25.0 Å². The van der Waals surface area contributed by atoms with Gasteiger partial charge in [0.1, 0.15) is 0 Å². The summed E-state index contributed by atoms with van der Waals surface area (Å²) in [4.78, 5) is 18.5. The number of rotatable bonds is 4. The molecular formula is C39H26N4. The predicted molar refractivity (Wildman–Crippen MR) is 175 cm³/mol. The van der Waals surface area contributed by atoms with Crippen LogP contribution in [0.5, 0.6) is 0 Å². The molecule has 0 amide bonds. The molecule has 0 saturated carbocycles. The van der Waals surface area contributed by atoms with Crippen molar-refractivity contribution in [2.75, 3.05) is 0 Å². The molecule has 0 fully saturated rings. The lowest BCUT2D eigenvalue weighted by Gasteiger charge is -2.23. The van der Waals surface area contributed by atoms with Gasteiger partial charge < -0.3 is 0 Å². The second-order valence-corrected chi connectivity index (χ2v) is 11.6. The van der Waals surface area contributed by atoms with Gasteiger partial charge in [0, 0.05) is 22.1 Å². The number of benzene rings is 6. The van der Waals surface area contributed by atoms with E-state index in [4.69, 9.17) is 21.5 Å². The maximum atomic E-state index is 7.31. The van der Waals surface area contributed by atoms with Gasteiger partial charge in [-0.2, -0.15) is 0 Å². The smallest absolute Gasteiger partial charge is 0.187 e. The molecule has 0 radical (unpaired) electrons. The second-order valence-electron chi connectivity index (χ2n) is 11.6. The van der Waals surface area contributed by atoms with Gasteiger partial charge >= 0.3 is 0 Å². The van der Waals surface area contributed by atoms with Gasteiger partial charge in [-0.05, 0) is 68.1 Å². The minimum atomic E-state index is -0.222. The molecule has 202 valence electrons. The normalized spacial score (nSPS) is 13.0. The van der Waals surface area contributed by atoms with Gasteiger partial charge in [0.25, 0.3) is 0 Å². The van der Waals surface area contributed by atoms with Crippen LogP contribution in [0, 0.1) is 6.57 Å². The number of aromatic nitrogens is 3. The van der Waals surface area contributed by atoms with Crippen LogP contribution in [0.4, 0.5) is 5.69 Å². The van der Waals surface area contributed by atoms with Crippen LogP contribution < -0.4 is 0 Å². The van der Waals surface area contributed by atoms with Crippen molar-refractivity contribution in [1.29, 1.82) is 0 Å². The lowest BCUT2D eigenvalue weighted by Crippen LogP contribution is -2.15. The van der Waals surface area contributed by atoms with E-state index in [2.05, 4.69) is 55.1 Å². The van der Waals surface area contributed by atoms with Crippen LogP contribution in [0.2, 0.25) is 0 Å². The summed E-state index contributed by atoms with van der Waals surface area (Å²) in [6, 6.07) is 41.6. The van der Waals surface area contributed by atoms with Gasteiger partial charge in [0.2, 0.25) is 0 Å². The molecule has 1 heterocycles. The highest BCUT2D eigenvalue weighted by Gasteiger charge is 2.35. The van der Waals surface area contributed by atoms with Crippen LogP contribution in [0.3, 0.4) is 0 Å². The fourth-order valence-corrected chi connectivity index (χ4v) is 6.42. The Balaban J connectivity index is 1.32. The minimum absolute atomic E-state index is 0.222. The van der Waals surface area contributed by atoms with Crippen molar-refractivity contribution in [3.8, 4) is 45.3 Å². The van der Waals surface area contributed by atoms with Gasteiger partial charge in [-0.3, -0.25) is 0 Å². The second kappa shape index (κ2) is 9.44. The van der Waals surface area contributed by atoms with E-state index in [0.717, 1.165) is 27.8 Å². The Hall–Kier alpha value is -5.66. The number of hydrogen-bond acceptors (Lipinski definition) is 3. The lowest BCUT2D eigenvalue weighted by molar-refractivity contribution is 0.663. The van der Waals surface area contributed by atoms with Crippen LogP contribution in [0.15, 0.2) is 121 Å². The van der Waals surface area contributed by atoms with Crippen LogP contribution in [-0.4, -0.2) is 15.0 Å². The summed E-state index contributed by atoms with van der Waals surface area (Å²) in [5.41, 5.74) is 8.21. The highest BCUT2D eigenvalue weighted by molar-refractivity contribution is 6.16. The first-order chi connectivity index (χ1) is 21.0. The zero-order valence-corrected chi connectivity index (χ0v) is 23.8. The summed E-state index contributed by atoms with van der Waals surface area (Å²) < 4.78 is 0. The van der Waals surface area contributed by atoms with E-state index in [-0.39, 0.29) is 5.41 Å². The van der Waals surface area contributed by atoms with Gasteiger partial charge in [-0.25, -0.2) is 19.8 Å². The standard InChI is InChI=1S/C39H26N4/c1-39(2)32-22-29(24-16-18-31(40-3)19-17-24)20-27-14-15-28-21-30(23-33(39)35(28)34(27)32)38-42-36(25-10-6-4-7-11-25)41-37(43-38)26-12-8-5-9-13-26/h4-23H,1-2H3. The van der Waals surface area contributed by atoms with Crippen molar-refractivity contribution < 1.29 is 0 Å². The first kappa shape index (κ1) is 25.1. The van der Waals surface area contributed by atoms with E-state index >= 15 is 0 Å². The molecule has 0 unspecified atom stereocenters. The van der Waals surface area contributed by atoms with E-state index in [1.165, 1.54) is 32.7 Å². The van der Waals surface area contributed by atoms with E-state index in [1.807, 2.05) is 84.9 Å². The van der Waals surface area contributed by atoms with E-state index in [1.54, 1.807) is 0 Å². The Morgan fingerprint density at radius 1 is 0.488 bits per heavy atom. The Kier molecular flexibility index (Phi) is 5.51. The average Bonchev–Trinajstić information content (AvgIpc) is 3.30. The fraction of sp³-hybridized carbons (Fsp3) is 0.0769. The SMILES string of the molecule is [C-]#[N+]c1ccc(-c2cc3c4c(ccc5cc(-c6nc(-c7ccccc7)nc(-c7ccccc7)n6)cc(c54)C3(C)C)c2)cc1. The Morgan fingerprint density at radius 3 is 1.47 bits per heavy atom. The van der Waals surface area contributed by atoms with Gasteiger partial charge in [-0.15, -0.1) is 0 Å². The highest BCUT2D eigenvalue weighted by Crippen LogP contribution is 2.51. The summed E-state index contributed by atoms with van der Waals surface area (Å²) in [6.07, 6.45) is 0. The third-order valence-corrected chi connectivity index (χ3v) is 8.66. The molecule has 1 aliphatic carbocycles. The summed E-state index contributed by atoms with van der Waals surface area (Å²) in [7, 11) is 0. The Labute approximate surface area is 250 Å². The van der Waals surface area contributed by atoms with Crippen LogP contribution in [0.25, 0.3) is 71.7 Å². The van der Waals surface area contributed by atoms with Crippen LogP contribution >= 0.6 is 0 Å². The summed E-state index contributed by atoms with van der Waals surface area (Å²) >= 11 is 0. The first-order valence-electron chi connectivity index (χ1n) is 14.4. The highest BCUT2D eigenvalue weighted by atomic mass is 15.0.